The molecule has 26 heavy (non-hydrogen) atoms. The van der Waals surface area contributed by atoms with Gasteiger partial charge in [0.15, 0.2) is 10.9 Å². The van der Waals surface area contributed by atoms with E-state index in [0.717, 1.165) is 14.6 Å². The summed E-state index contributed by atoms with van der Waals surface area (Å²) in [4.78, 5) is 43.3. The van der Waals surface area contributed by atoms with E-state index in [1.54, 1.807) is 16.2 Å². The zero-order valence-corrected chi connectivity index (χ0v) is 15.6. The third kappa shape index (κ3) is 3.41. The number of carbonyl (C=O) groups is 3. The Kier molecular flexibility index (Phi) is 4.82. The highest BCUT2D eigenvalue weighted by molar-refractivity contribution is 8.01. The minimum Gasteiger partial charge on any atom is -0.439 e. The molecule has 0 spiro atoms. The van der Waals surface area contributed by atoms with Gasteiger partial charge in [0, 0.05) is 19.1 Å². The first kappa shape index (κ1) is 17.3. The van der Waals surface area contributed by atoms with Crippen molar-refractivity contribution in [3.63, 3.8) is 0 Å². The van der Waals surface area contributed by atoms with Crippen LogP contribution < -0.4 is 0 Å². The molecule has 0 atom stereocenters. The Morgan fingerprint density at radius 2 is 2.04 bits per heavy atom. The molecule has 136 valence electrons. The molecule has 2 aliphatic rings. The maximum Gasteiger partial charge on any atom is 0.417 e. The molecule has 2 aliphatic heterocycles. The topological polar surface area (TPSA) is 79.8 Å². The summed E-state index contributed by atoms with van der Waals surface area (Å²) in [6, 6.07) is 7.75. The van der Waals surface area contributed by atoms with Gasteiger partial charge in [-0.05, 0) is 25.0 Å². The van der Waals surface area contributed by atoms with Gasteiger partial charge < -0.3 is 9.64 Å². The maximum atomic E-state index is 12.5. The number of hydrogen-bond acceptors (Lipinski definition) is 7. The zero-order valence-electron chi connectivity index (χ0n) is 13.9. The van der Waals surface area contributed by atoms with Crippen LogP contribution in [0.5, 0.6) is 0 Å². The van der Waals surface area contributed by atoms with Gasteiger partial charge in [-0.3, -0.25) is 9.59 Å². The number of ether oxygens (including phenoxy) is 1. The first-order chi connectivity index (χ1) is 12.6. The summed E-state index contributed by atoms with van der Waals surface area (Å²) in [6.07, 6.45) is 0.628. The molecular formula is C17H17N3O4S2. The van der Waals surface area contributed by atoms with Gasteiger partial charge in [-0.25, -0.2) is 14.7 Å². The van der Waals surface area contributed by atoms with Gasteiger partial charge in [0.05, 0.1) is 16.0 Å². The molecule has 2 fully saturated rings. The Labute approximate surface area is 158 Å². The second-order valence-corrected chi connectivity index (χ2v) is 8.42. The van der Waals surface area contributed by atoms with Crippen molar-refractivity contribution in [1.82, 2.24) is 14.8 Å². The number of benzene rings is 1. The summed E-state index contributed by atoms with van der Waals surface area (Å²) in [6.45, 7) is 0.915. The van der Waals surface area contributed by atoms with Crippen molar-refractivity contribution in [3.05, 3.63) is 24.3 Å². The molecule has 0 bridgehead atoms. The fourth-order valence-corrected chi connectivity index (χ4v) is 5.19. The molecule has 0 saturated carbocycles. The number of aromatic nitrogens is 1. The van der Waals surface area contributed by atoms with Crippen molar-refractivity contribution < 1.29 is 19.1 Å². The molecule has 2 saturated heterocycles. The summed E-state index contributed by atoms with van der Waals surface area (Å²) >= 11 is 3.04. The van der Waals surface area contributed by atoms with Crippen LogP contribution >= 0.6 is 23.1 Å². The summed E-state index contributed by atoms with van der Waals surface area (Å²) < 4.78 is 6.77. The number of rotatable bonds is 4. The van der Waals surface area contributed by atoms with Crippen LogP contribution in [0.2, 0.25) is 0 Å². The average Bonchev–Trinajstić information content (AvgIpc) is 3.22. The third-order valence-electron chi connectivity index (χ3n) is 4.56. The second kappa shape index (κ2) is 7.24. The van der Waals surface area contributed by atoms with Crippen molar-refractivity contribution >= 4 is 51.2 Å². The minimum absolute atomic E-state index is 0.0584. The Morgan fingerprint density at radius 3 is 2.73 bits per heavy atom. The number of piperidine rings is 1. The largest absolute Gasteiger partial charge is 0.439 e. The van der Waals surface area contributed by atoms with Gasteiger partial charge in [0.25, 0.3) is 5.91 Å². The van der Waals surface area contributed by atoms with Gasteiger partial charge in [-0.2, -0.15) is 0 Å². The lowest BCUT2D eigenvalue weighted by atomic mass is 10.0. The van der Waals surface area contributed by atoms with E-state index in [0.29, 0.717) is 31.7 Å². The van der Waals surface area contributed by atoms with E-state index < -0.39 is 6.09 Å². The van der Waals surface area contributed by atoms with Gasteiger partial charge >= 0.3 is 6.09 Å². The van der Waals surface area contributed by atoms with Crippen LogP contribution in [-0.4, -0.2) is 64.2 Å². The van der Waals surface area contributed by atoms with Crippen LogP contribution in [0.25, 0.3) is 10.2 Å². The molecule has 0 unspecified atom stereocenters. The smallest absolute Gasteiger partial charge is 0.417 e. The number of imide groups is 1. The van der Waals surface area contributed by atoms with E-state index in [9.17, 15) is 14.4 Å². The van der Waals surface area contributed by atoms with Crippen molar-refractivity contribution in [1.29, 1.82) is 0 Å². The Morgan fingerprint density at radius 1 is 1.27 bits per heavy atom. The van der Waals surface area contributed by atoms with Crippen LogP contribution in [0, 0.1) is 0 Å². The Hall–Kier alpha value is -2.13. The monoisotopic (exact) mass is 391 g/mol. The van der Waals surface area contributed by atoms with Gasteiger partial charge in [-0.15, -0.1) is 11.3 Å². The number of cyclic esters (lactones) is 1. The molecular weight excluding hydrogens is 374 g/mol. The van der Waals surface area contributed by atoms with E-state index in [2.05, 4.69) is 4.98 Å². The highest BCUT2D eigenvalue weighted by atomic mass is 32.2. The van der Waals surface area contributed by atoms with Gasteiger partial charge in [0.2, 0.25) is 5.91 Å². The van der Waals surface area contributed by atoms with Crippen LogP contribution in [-0.2, 0) is 14.3 Å². The van der Waals surface area contributed by atoms with Crippen molar-refractivity contribution in [2.75, 3.05) is 25.4 Å². The highest BCUT2D eigenvalue weighted by Crippen LogP contribution is 2.30. The normalized spacial score (nSPS) is 18.6. The maximum absolute atomic E-state index is 12.5. The zero-order chi connectivity index (χ0) is 18.1. The van der Waals surface area contributed by atoms with E-state index in [4.69, 9.17) is 4.74 Å². The number of carbonyl (C=O) groups excluding carboxylic acids is 3. The molecule has 3 heterocycles. The van der Waals surface area contributed by atoms with Crippen molar-refractivity contribution in [3.8, 4) is 0 Å². The lowest BCUT2D eigenvalue weighted by molar-refractivity contribution is -0.131. The Balaban J connectivity index is 1.29. The SMILES string of the molecule is O=C(CSc1nc2ccccc2s1)N1CCC(N2C(=O)COC2=O)CC1. The number of hydrogen-bond donors (Lipinski definition) is 0. The molecule has 2 aromatic rings. The average molecular weight is 391 g/mol. The predicted molar refractivity (Wildman–Crippen MR) is 98.1 cm³/mol. The van der Waals surface area contributed by atoms with E-state index in [-0.39, 0.29) is 24.5 Å². The lowest BCUT2D eigenvalue weighted by Crippen LogP contribution is -2.48. The standard InChI is InChI=1S/C17H17N3O4S2/c21-14-9-24-17(23)20(14)11-5-7-19(8-6-11)15(22)10-25-16-18-12-3-1-2-4-13(12)26-16/h1-4,11H,5-10H2. The van der Waals surface area contributed by atoms with E-state index in [1.165, 1.54) is 16.7 Å². The second-order valence-electron chi connectivity index (χ2n) is 6.17. The van der Waals surface area contributed by atoms with E-state index in [1.807, 2.05) is 24.3 Å². The number of thioether (sulfide) groups is 1. The molecule has 7 nitrogen and oxygen atoms in total. The molecule has 0 aliphatic carbocycles. The Bertz CT molecular complexity index is 812. The first-order valence-corrected chi connectivity index (χ1v) is 10.2. The molecule has 1 aromatic heterocycles. The van der Waals surface area contributed by atoms with Crippen molar-refractivity contribution in [2.24, 2.45) is 0 Å². The van der Waals surface area contributed by atoms with Crippen LogP contribution in [0.4, 0.5) is 4.79 Å². The molecule has 1 aromatic carbocycles. The summed E-state index contributed by atoms with van der Waals surface area (Å²) in [5, 5.41) is 0. The highest BCUT2D eigenvalue weighted by Gasteiger charge is 2.38. The third-order valence-corrected chi connectivity index (χ3v) is 6.72. The lowest BCUT2D eigenvalue weighted by Gasteiger charge is -2.34. The summed E-state index contributed by atoms with van der Waals surface area (Å²) in [5.41, 5.74) is 0.954. The number of thiazole rings is 1. The molecule has 9 heteroatoms. The van der Waals surface area contributed by atoms with Gasteiger partial charge in [0.1, 0.15) is 0 Å². The van der Waals surface area contributed by atoms with Crippen molar-refractivity contribution in [2.45, 2.75) is 23.2 Å². The summed E-state index contributed by atoms with van der Waals surface area (Å²) in [5.74, 6) is 0.115. The number of amides is 3. The summed E-state index contributed by atoms with van der Waals surface area (Å²) in [7, 11) is 0. The van der Waals surface area contributed by atoms with Crippen LogP contribution in [0.1, 0.15) is 12.8 Å². The predicted octanol–water partition coefficient (Wildman–Crippen LogP) is 2.36. The fourth-order valence-electron chi connectivity index (χ4n) is 3.22. The number of fused-ring (bicyclic) bond motifs is 1. The molecule has 4 rings (SSSR count). The van der Waals surface area contributed by atoms with E-state index >= 15 is 0 Å². The molecule has 0 N–H and O–H groups in total. The van der Waals surface area contributed by atoms with Crippen LogP contribution in [0.15, 0.2) is 28.6 Å². The fraction of sp³-hybridized carbons (Fsp3) is 0.412. The first-order valence-electron chi connectivity index (χ1n) is 8.37. The number of para-hydroxylation sites is 1. The molecule has 3 amide bonds. The number of likely N-dealkylation sites (tertiary alicyclic amines) is 1. The van der Waals surface area contributed by atoms with Gasteiger partial charge in [-0.1, -0.05) is 23.9 Å². The quantitative estimate of drug-likeness (QED) is 0.745. The van der Waals surface area contributed by atoms with Crippen LogP contribution in [0.3, 0.4) is 0 Å². The minimum atomic E-state index is -0.564. The number of nitrogens with zero attached hydrogens (tertiary/aromatic N) is 3. The molecule has 0 radical (unpaired) electrons.